The molecule has 3 heteroatoms. The van der Waals surface area contributed by atoms with Gasteiger partial charge >= 0.3 is 0 Å². The summed E-state index contributed by atoms with van der Waals surface area (Å²) in [6.45, 7) is 6.39. The van der Waals surface area contributed by atoms with Crippen LogP contribution in [0.15, 0.2) is 6.20 Å². The minimum absolute atomic E-state index is 0.994. The number of anilines is 1. The number of imidazole rings is 1. The molecule has 0 atom stereocenters. The molecule has 0 aliphatic heterocycles. The molecule has 1 saturated carbocycles. The van der Waals surface area contributed by atoms with Gasteiger partial charge in [0.05, 0.1) is 5.69 Å². The van der Waals surface area contributed by atoms with Crippen LogP contribution < -0.4 is 5.32 Å². The Hall–Kier alpha value is -0.990. The molecule has 0 amide bonds. The molecule has 0 spiro atoms. The van der Waals surface area contributed by atoms with Crippen molar-refractivity contribution < 1.29 is 0 Å². The first kappa shape index (κ1) is 10.5. The summed E-state index contributed by atoms with van der Waals surface area (Å²) in [6, 6.07) is 0. The number of hydrogen-bond donors (Lipinski definition) is 1. The summed E-state index contributed by atoms with van der Waals surface area (Å²) in [4.78, 5) is 4.50. The van der Waals surface area contributed by atoms with Crippen LogP contribution >= 0.6 is 0 Å². The number of nitrogens with one attached hydrogen (secondary N) is 1. The maximum atomic E-state index is 4.50. The van der Waals surface area contributed by atoms with E-state index < -0.39 is 0 Å². The van der Waals surface area contributed by atoms with Gasteiger partial charge in [0, 0.05) is 19.3 Å². The molecule has 1 aliphatic rings. The first-order chi connectivity index (χ1) is 7.29. The summed E-state index contributed by atoms with van der Waals surface area (Å²) in [5.74, 6) is 2.04. The van der Waals surface area contributed by atoms with Crippen molar-refractivity contribution in [3.63, 3.8) is 0 Å². The molecule has 1 aliphatic carbocycles. The van der Waals surface area contributed by atoms with Crippen LogP contribution in [0.4, 0.5) is 5.95 Å². The predicted molar refractivity (Wildman–Crippen MR) is 63.1 cm³/mol. The predicted octanol–water partition coefficient (Wildman–Crippen LogP) is 2.81. The Morgan fingerprint density at radius 1 is 1.53 bits per heavy atom. The van der Waals surface area contributed by atoms with E-state index in [1.165, 1.54) is 19.3 Å². The van der Waals surface area contributed by atoms with Crippen molar-refractivity contribution in [3.05, 3.63) is 11.9 Å². The van der Waals surface area contributed by atoms with Crippen molar-refractivity contribution in [1.29, 1.82) is 0 Å². The smallest absolute Gasteiger partial charge is 0.203 e. The van der Waals surface area contributed by atoms with Gasteiger partial charge in [-0.1, -0.05) is 19.8 Å². The van der Waals surface area contributed by atoms with E-state index in [1.807, 2.05) is 0 Å². The van der Waals surface area contributed by atoms with Crippen LogP contribution in [0, 0.1) is 12.8 Å². The Bertz CT molecular complexity index is 313. The highest BCUT2D eigenvalue weighted by Crippen LogP contribution is 2.32. The standard InChI is InChI=1S/C12H21N3/c1-3-8-15-9-10(2)14-12(15)13-7-6-11-4-5-11/h9,11H,3-8H2,1-2H3,(H,13,14). The summed E-state index contributed by atoms with van der Waals surface area (Å²) >= 11 is 0. The summed E-state index contributed by atoms with van der Waals surface area (Å²) in [7, 11) is 0. The Labute approximate surface area is 91.9 Å². The normalized spacial score (nSPS) is 15.6. The maximum absolute atomic E-state index is 4.50. The number of rotatable bonds is 6. The first-order valence-electron chi connectivity index (χ1n) is 6.07. The number of aryl methyl sites for hydroxylation is 2. The monoisotopic (exact) mass is 207 g/mol. The Balaban J connectivity index is 1.86. The van der Waals surface area contributed by atoms with Crippen LogP contribution in [0.2, 0.25) is 0 Å². The third-order valence-electron chi connectivity index (χ3n) is 2.89. The fraction of sp³-hybridized carbons (Fsp3) is 0.750. The Morgan fingerprint density at radius 3 is 3.00 bits per heavy atom. The first-order valence-corrected chi connectivity index (χ1v) is 6.07. The van der Waals surface area contributed by atoms with Crippen molar-refractivity contribution in [3.8, 4) is 0 Å². The van der Waals surface area contributed by atoms with Gasteiger partial charge in [0.1, 0.15) is 0 Å². The van der Waals surface area contributed by atoms with Crippen molar-refractivity contribution in [2.45, 2.75) is 46.1 Å². The minimum Gasteiger partial charge on any atom is -0.356 e. The highest BCUT2D eigenvalue weighted by atomic mass is 15.2. The van der Waals surface area contributed by atoms with Gasteiger partial charge in [-0.2, -0.15) is 0 Å². The molecular formula is C12H21N3. The van der Waals surface area contributed by atoms with Gasteiger partial charge in [0.15, 0.2) is 0 Å². The molecule has 1 N–H and O–H groups in total. The van der Waals surface area contributed by atoms with E-state index in [2.05, 4.69) is 34.9 Å². The quantitative estimate of drug-likeness (QED) is 0.777. The van der Waals surface area contributed by atoms with Crippen LogP contribution in [-0.4, -0.2) is 16.1 Å². The lowest BCUT2D eigenvalue weighted by molar-refractivity contribution is 0.675. The molecule has 1 aromatic rings. The van der Waals surface area contributed by atoms with Gasteiger partial charge in [0.2, 0.25) is 5.95 Å². The van der Waals surface area contributed by atoms with Gasteiger partial charge in [-0.3, -0.25) is 0 Å². The fourth-order valence-electron chi connectivity index (χ4n) is 1.89. The lowest BCUT2D eigenvalue weighted by atomic mass is 10.3. The highest BCUT2D eigenvalue weighted by molar-refractivity contribution is 5.28. The molecule has 1 fully saturated rings. The minimum atomic E-state index is 0.994. The third-order valence-corrected chi connectivity index (χ3v) is 2.89. The molecule has 0 unspecified atom stereocenters. The van der Waals surface area contributed by atoms with Gasteiger partial charge in [-0.25, -0.2) is 4.98 Å². The molecule has 3 nitrogen and oxygen atoms in total. The van der Waals surface area contributed by atoms with E-state index >= 15 is 0 Å². The van der Waals surface area contributed by atoms with E-state index in [-0.39, 0.29) is 0 Å². The molecule has 1 aromatic heterocycles. The summed E-state index contributed by atoms with van der Waals surface area (Å²) in [6.07, 6.45) is 7.46. The largest absolute Gasteiger partial charge is 0.356 e. The topological polar surface area (TPSA) is 29.9 Å². The molecule has 0 aromatic carbocycles. The number of hydrogen-bond acceptors (Lipinski definition) is 2. The SMILES string of the molecule is CCCn1cc(C)nc1NCCC1CC1. The van der Waals surface area contributed by atoms with Crippen LogP contribution in [0.25, 0.3) is 0 Å². The molecule has 0 saturated heterocycles. The average Bonchev–Trinajstić information content (AvgIpc) is 2.94. The Morgan fingerprint density at radius 2 is 2.33 bits per heavy atom. The fourth-order valence-corrected chi connectivity index (χ4v) is 1.89. The summed E-state index contributed by atoms with van der Waals surface area (Å²) in [5, 5.41) is 3.44. The van der Waals surface area contributed by atoms with E-state index in [1.54, 1.807) is 0 Å². The van der Waals surface area contributed by atoms with Crippen LogP contribution in [0.3, 0.4) is 0 Å². The molecule has 0 bridgehead atoms. The Kier molecular flexibility index (Phi) is 3.29. The van der Waals surface area contributed by atoms with E-state index in [4.69, 9.17) is 0 Å². The van der Waals surface area contributed by atoms with E-state index in [0.717, 1.165) is 37.1 Å². The molecular weight excluding hydrogens is 186 g/mol. The lowest BCUT2D eigenvalue weighted by Gasteiger charge is -2.07. The van der Waals surface area contributed by atoms with Gasteiger partial charge < -0.3 is 9.88 Å². The van der Waals surface area contributed by atoms with Crippen molar-refractivity contribution in [1.82, 2.24) is 9.55 Å². The highest BCUT2D eigenvalue weighted by Gasteiger charge is 2.20. The molecule has 15 heavy (non-hydrogen) atoms. The summed E-state index contributed by atoms with van der Waals surface area (Å²) < 4.78 is 2.22. The second-order valence-corrected chi connectivity index (χ2v) is 4.56. The molecule has 2 rings (SSSR count). The number of aromatic nitrogens is 2. The zero-order valence-electron chi connectivity index (χ0n) is 9.79. The molecule has 0 radical (unpaired) electrons. The van der Waals surface area contributed by atoms with Gasteiger partial charge in [-0.05, 0) is 25.7 Å². The zero-order chi connectivity index (χ0) is 10.7. The van der Waals surface area contributed by atoms with Crippen molar-refractivity contribution in [2.75, 3.05) is 11.9 Å². The maximum Gasteiger partial charge on any atom is 0.203 e. The van der Waals surface area contributed by atoms with Gasteiger partial charge in [-0.15, -0.1) is 0 Å². The van der Waals surface area contributed by atoms with Crippen LogP contribution in [-0.2, 0) is 6.54 Å². The second kappa shape index (κ2) is 4.69. The lowest BCUT2D eigenvalue weighted by Crippen LogP contribution is -2.09. The third kappa shape index (κ3) is 2.98. The second-order valence-electron chi connectivity index (χ2n) is 4.56. The van der Waals surface area contributed by atoms with Gasteiger partial charge in [0.25, 0.3) is 0 Å². The molecule has 84 valence electrons. The number of nitrogens with zero attached hydrogens (tertiary/aromatic N) is 2. The molecule has 1 heterocycles. The van der Waals surface area contributed by atoms with E-state index in [0.29, 0.717) is 0 Å². The average molecular weight is 207 g/mol. The van der Waals surface area contributed by atoms with Crippen molar-refractivity contribution in [2.24, 2.45) is 5.92 Å². The summed E-state index contributed by atoms with van der Waals surface area (Å²) in [5.41, 5.74) is 1.11. The van der Waals surface area contributed by atoms with E-state index in [9.17, 15) is 0 Å². The van der Waals surface area contributed by atoms with Crippen molar-refractivity contribution >= 4 is 5.95 Å². The van der Waals surface area contributed by atoms with Crippen LogP contribution in [0.1, 0.15) is 38.3 Å². The van der Waals surface area contributed by atoms with Crippen LogP contribution in [0.5, 0.6) is 0 Å². The zero-order valence-corrected chi connectivity index (χ0v) is 9.79.